The minimum Gasteiger partial charge on any atom is -0.376 e. The summed E-state index contributed by atoms with van der Waals surface area (Å²) in [6.45, 7) is 3.86. The van der Waals surface area contributed by atoms with Gasteiger partial charge in [0.25, 0.3) is 11.5 Å². The summed E-state index contributed by atoms with van der Waals surface area (Å²) in [5, 5.41) is 2.91. The monoisotopic (exact) mass is 373 g/mol. The van der Waals surface area contributed by atoms with Crippen LogP contribution in [0.15, 0.2) is 17.1 Å². The van der Waals surface area contributed by atoms with E-state index in [1.54, 1.807) is 22.6 Å². The molecule has 3 heterocycles. The number of ether oxygens (including phenoxy) is 1. The van der Waals surface area contributed by atoms with Gasteiger partial charge < -0.3 is 19.5 Å². The molecule has 1 aromatic rings. The van der Waals surface area contributed by atoms with Crippen LogP contribution in [0.2, 0.25) is 0 Å². The van der Waals surface area contributed by atoms with Gasteiger partial charge in [0.1, 0.15) is 11.1 Å². The van der Waals surface area contributed by atoms with Crippen molar-refractivity contribution >= 4 is 11.8 Å². The number of nitrogens with zero attached hydrogens (tertiary/aromatic N) is 2. The molecule has 1 aliphatic carbocycles. The molecule has 27 heavy (non-hydrogen) atoms. The molecule has 0 bridgehead atoms. The predicted molar refractivity (Wildman–Crippen MR) is 99.7 cm³/mol. The first-order valence-electron chi connectivity index (χ1n) is 9.95. The van der Waals surface area contributed by atoms with Crippen LogP contribution in [0.4, 0.5) is 0 Å². The highest BCUT2D eigenvalue weighted by molar-refractivity contribution is 6.00. The standard InChI is InChI=1S/C20H27N3O4/c1-14-6-10-22(13-15-5-4-12-27-15)17(24)16(14)18(25)23-11-9-21-19(26)20(23)7-2-3-8-20/h6,10,15H,2-5,7-9,11-13H2,1H3,(H,21,26). The van der Waals surface area contributed by atoms with E-state index < -0.39 is 5.54 Å². The van der Waals surface area contributed by atoms with E-state index in [4.69, 9.17) is 4.74 Å². The van der Waals surface area contributed by atoms with Gasteiger partial charge in [-0.05, 0) is 44.2 Å². The van der Waals surface area contributed by atoms with Crippen LogP contribution in [0.5, 0.6) is 0 Å². The summed E-state index contributed by atoms with van der Waals surface area (Å²) >= 11 is 0. The number of aryl methyl sites for hydroxylation is 1. The van der Waals surface area contributed by atoms with Gasteiger partial charge in [-0.2, -0.15) is 0 Å². The van der Waals surface area contributed by atoms with Crippen LogP contribution in [0.1, 0.15) is 54.4 Å². The van der Waals surface area contributed by atoms with Crippen LogP contribution in [-0.4, -0.2) is 52.6 Å². The number of pyridine rings is 1. The molecule has 1 unspecified atom stereocenters. The average molecular weight is 373 g/mol. The molecule has 2 amide bonds. The molecule has 1 N–H and O–H groups in total. The molecule has 4 rings (SSSR count). The van der Waals surface area contributed by atoms with Crippen LogP contribution in [0.25, 0.3) is 0 Å². The first-order valence-corrected chi connectivity index (χ1v) is 9.95. The molecule has 1 saturated carbocycles. The highest BCUT2D eigenvalue weighted by atomic mass is 16.5. The van der Waals surface area contributed by atoms with Crippen molar-refractivity contribution in [2.24, 2.45) is 0 Å². The van der Waals surface area contributed by atoms with E-state index in [-0.39, 0.29) is 29.0 Å². The summed E-state index contributed by atoms with van der Waals surface area (Å²) in [5.41, 5.74) is -0.220. The molecule has 0 aromatic carbocycles. The van der Waals surface area contributed by atoms with Crippen molar-refractivity contribution in [1.82, 2.24) is 14.8 Å². The minimum absolute atomic E-state index is 0.0234. The van der Waals surface area contributed by atoms with E-state index in [1.807, 2.05) is 6.07 Å². The van der Waals surface area contributed by atoms with E-state index >= 15 is 0 Å². The first-order chi connectivity index (χ1) is 13.0. The van der Waals surface area contributed by atoms with Gasteiger partial charge in [-0.3, -0.25) is 14.4 Å². The molecule has 7 heteroatoms. The summed E-state index contributed by atoms with van der Waals surface area (Å²) in [6, 6.07) is 1.81. The largest absolute Gasteiger partial charge is 0.376 e. The molecule has 1 atom stereocenters. The quantitative estimate of drug-likeness (QED) is 0.864. The van der Waals surface area contributed by atoms with Crippen LogP contribution in [0, 0.1) is 6.92 Å². The maximum Gasteiger partial charge on any atom is 0.263 e. The molecule has 3 fully saturated rings. The van der Waals surface area contributed by atoms with Crippen molar-refractivity contribution in [3.8, 4) is 0 Å². The topological polar surface area (TPSA) is 80.6 Å². The lowest BCUT2D eigenvalue weighted by molar-refractivity contribution is -0.134. The fourth-order valence-corrected chi connectivity index (χ4v) is 4.75. The van der Waals surface area contributed by atoms with Crippen molar-refractivity contribution in [2.75, 3.05) is 19.7 Å². The van der Waals surface area contributed by atoms with Crippen LogP contribution in [0.3, 0.4) is 0 Å². The second-order valence-electron chi connectivity index (χ2n) is 7.92. The molecular weight excluding hydrogens is 346 g/mol. The number of hydrogen-bond donors (Lipinski definition) is 1. The maximum absolute atomic E-state index is 13.4. The van der Waals surface area contributed by atoms with Gasteiger partial charge in [0.05, 0.1) is 12.6 Å². The second-order valence-corrected chi connectivity index (χ2v) is 7.92. The Morgan fingerprint density at radius 1 is 1.30 bits per heavy atom. The number of aromatic nitrogens is 1. The fourth-order valence-electron chi connectivity index (χ4n) is 4.75. The third-order valence-electron chi connectivity index (χ3n) is 6.25. The van der Waals surface area contributed by atoms with E-state index in [1.165, 1.54) is 0 Å². The Hall–Kier alpha value is -2.15. The lowest BCUT2D eigenvalue weighted by Gasteiger charge is -2.43. The van der Waals surface area contributed by atoms with Gasteiger partial charge in [-0.25, -0.2) is 0 Å². The Bertz CT molecular complexity index is 804. The van der Waals surface area contributed by atoms with E-state index in [2.05, 4.69) is 5.32 Å². The summed E-state index contributed by atoms with van der Waals surface area (Å²) in [7, 11) is 0. The van der Waals surface area contributed by atoms with Crippen molar-refractivity contribution in [1.29, 1.82) is 0 Å². The van der Waals surface area contributed by atoms with Crippen molar-refractivity contribution in [2.45, 2.75) is 63.6 Å². The molecule has 0 radical (unpaired) electrons. The molecule has 7 nitrogen and oxygen atoms in total. The summed E-state index contributed by atoms with van der Waals surface area (Å²) in [6.07, 6.45) is 6.88. The van der Waals surface area contributed by atoms with Gasteiger partial charge in [0.2, 0.25) is 5.91 Å². The van der Waals surface area contributed by atoms with Crippen LogP contribution < -0.4 is 10.9 Å². The van der Waals surface area contributed by atoms with E-state index in [0.29, 0.717) is 38.0 Å². The highest BCUT2D eigenvalue weighted by Crippen LogP contribution is 2.37. The normalized spacial score (nSPS) is 24.4. The Kier molecular flexibility index (Phi) is 4.80. The smallest absolute Gasteiger partial charge is 0.263 e. The van der Waals surface area contributed by atoms with Crippen LogP contribution >= 0.6 is 0 Å². The van der Waals surface area contributed by atoms with Crippen LogP contribution in [-0.2, 0) is 16.1 Å². The molecule has 1 spiro atoms. The summed E-state index contributed by atoms with van der Waals surface area (Å²) in [5.74, 6) is -0.385. The number of carbonyl (C=O) groups excluding carboxylic acids is 2. The second kappa shape index (κ2) is 7.11. The van der Waals surface area contributed by atoms with Gasteiger partial charge in [0, 0.05) is 25.9 Å². The van der Waals surface area contributed by atoms with Crippen molar-refractivity contribution < 1.29 is 14.3 Å². The van der Waals surface area contributed by atoms with Gasteiger partial charge in [-0.15, -0.1) is 0 Å². The number of carbonyl (C=O) groups is 2. The number of amides is 2. The minimum atomic E-state index is -0.788. The zero-order valence-corrected chi connectivity index (χ0v) is 15.8. The molecule has 1 aromatic heterocycles. The zero-order chi connectivity index (χ0) is 19.0. The summed E-state index contributed by atoms with van der Waals surface area (Å²) in [4.78, 5) is 40.8. The van der Waals surface area contributed by atoms with E-state index in [9.17, 15) is 14.4 Å². The molecule has 2 saturated heterocycles. The third kappa shape index (κ3) is 3.08. The molecular formula is C20H27N3O4. The number of rotatable bonds is 3. The molecule has 3 aliphatic rings. The van der Waals surface area contributed by atoms with Gasteiger partial charge >= 0.3 is 0 Å². The fraction of sp³-hybridized carbons (Fsp3) is 0.650. The van der Waals surface area contributed by atoms with Crippen molar-refractivity contribution in [3.05, 3.63) is 33.7 Å². The Labute approximate surface area is 158 Å². The summed E-state index contributed by atoms with van der Waals surface area (Å²) < 4.78 is 7.23. The van der Waals surface area contributed by atoms with Gasteiger partial charge in [-0.1, -0.05) is 12.8 Å². The zero-order valence-electron chi connectivity index (χ0n) is 15.8. The predicted octanol–water partition coefficient (Wildman–Crippen LogP) is 1.22. The lowest BCUT2D eigenvalue weighted by Crippen LogP contribution is -2.65. The van der Waals surface area contributed by atoms with Gasteiger partial charge in [0.15, 0.2) is 0 Å². The number of nitrogens with one attached hydrogen (secondary N) is 1. The maximum atomic E-state index is 13.4. The SMILES string of the molecule is Cc1ccn(CC2CCCO2)c(=O)c1C(=O)N1CCNC(=O)C12CCCC2. The molecule has 2 aliphatic heterocycles. The lowest BCUT2D eigenvalue weighted by atomic mass is 9.90. The Morgan fingerprint density at radius 3 is 2.78 bits per heavy atom. The Balaban J connectivity index is 1.68. The average Bonchev–Trinajstić information content (AvgIpc) is 3.33. The number of hydrogen-bond acceptors (Lipinski definition) is 4. The molecule has 146 valence electrons. The Morgan fingerprint density at radius 2 is 2.07 bits per heavy atom. The number of piperazine rings is 1. The highest BCUT2D eigenvalue weighted by Gasteiger charge is 2.50. The van der Waals surface area contributed by atoms with E-state index in [0.717, 1.165) is 32.3 Å². The third-order valence-corrected chi connectivity index (χ3v) is 6.25. The van der Waals surface area contributed by atoms with Crippen molar-refractivity contribution in [3.63, 3.8) is 0 Å². The first kappa shape index (κ1) is 18.2.